The van der Waals surface area contributed by atoms with Crippen LogP contribution in [0.3, 0.4) is 0 Å². The molecule has 0 fully saturated rings. The summed E-state index contributed by atoms with van der Waals surface area (Å²) in [6.45, 7) is 0. The molecule has 0 unspecified atom stereocenters. The molecule has 3 rings (SSSR count). The van der Waals surface area contributed by atoms with Crippen molar-refractivity contribution in [2.24, 2.45) is 0 Å². The van der Waals surface area contributed by atoms with E-state index in [-0.39, 0.29) is 10.7 Å². The molecule has 0 bridgehead atoms. The van der Waals surface area contributed by atoms with Gasteiger partial charge in [-0.15, -0.1) is 0 Å². The van der Waals surface area contributed by atoms with Crippen molar-refractivity contribution in [2.75, 3.05) is 16.4 Å². The second-order valence-electron chi connectivity index (χ2n) is 5.02. The smallest absolute Gasteiger partial charge is 0.159 e. The van der Waals surface area contributed by atoms with Crippen LogP contribution in [0.4, 0.5) is 33.1 Å². The second kappa shape index (κ2) is 7.31. The largest absolute Gasteiger partial charge is 0.393 e. The van der Waals surface area contributed by atoms with Crippen molar-refractivity contribution < 1.29 is 4.39 Å². The summed E-state index contributed by atoms with van der Waals surface area (Å²) in [5.41, 5.74) is 7.52. The molecule has 0 saturated heterocycles. The number of anilines is 5. The third-order valence-electron chi connectivity index (χ3n) is 3.19. The monoisotopic (exact) mass is 397 g/mol. The first-order valence-electron chi connectivity index (χ1n) is 6.98. The van der Waals surface area contributed by atoms with Crippen LogP contribution in [0.25, 0.3) is 0 Å². The molecule has 4 N–H and O–H groups in total. The summed E-state index contributed by atoms with van der Waals surface area (Å²) in [6.07, 6.45) is 1.33. The van der Waals surface area contributed by atoms with Gasteiger partial charge in [0, 0.05) is 21.4 Å². The van der Waals surface area contributed by atoms with Crippen LogP contribution in [0, 0.1) is 5.82 Å². The molecule has 0 amide bonds. The number of hydrogen-bond acceptors (Lipinski definition) is 5. The number of rotatable bonds is 4. The topological polar surface area (TPSA) is 75.9 Å². The van der Waals surface area contributed by atoms with Crippen molar-refractivity contribution in [1.29, 1.82) is 0 Å². The molecule has 5 nitrogen and oxygen atoms in total. The third-order valence-corrected chi connectivity index (χ3v) is 3.92. The normalized spacial score (nSPS) is 10.6. The van der Waals surface area contributed by atoms with Crippen LogP contribution in [0.2, 0.25) is 15.1 Å². The Bertz CT molecular complexity index is 915. The van der Waals surface area contributed by atoms with Crippen molar-refractivity contribution >= 4 is 63.5 Å². The zero-order chi connectivity index (χ0) is 18.0. The summed E-state index contributed by atoms with van der Waals surface area (Å²) in [5, 5.41) is 6.94. The van der Waals surface area contributed by atoms with E-state index in [0.29, 0.717) is 33.1 Å². The first-order chi connectivity index (χ1) is 11.9. The lowest BCUT2D eigenvalue weighted by atomic mass is 10.3. The summed E-state index contributed by atoms with van der Waals surface area (Å²) < 4.78 is 13.2. The molecule has 0 radical (unpaired) electrons. The molecule has 0 aliphatic heterocycles. The SMILES string of the molecule is Nc1c(Nc2cc(Cl)cc(Cl)c2)ncnc1Nc1ccc(F)c(Cl)c1. The molecular formula is C16H11Cl3FN5. The van der Waals surface area contributed by atoms with Crippen LogP contribution < -0.4 is 16.4 Å². The van der Waals surface area contributed by atoms with E-state index in [9.17, 15) is 4.39 Å². The summed E-state index contributed by atoms with van der Waals surface area (Å²) in [7, 11) is 0. The van der Waals surface area contributed by atoms with E-state index in [1.165, 1.54) is 24.5 Å². The van der Waals surface area contributed by atoms with Gasteiger partial charge in [-0.1, -0.05) is 34.8 Å². The minimum absolute atomic E-state index is 0.00968. The molecular weight excluding hydrogens is 388 g/mol. The fourth-order valence-electron chi connectivity index (χ4n) is 2.07. The van der Waals surface area contributed by atoms with Crippen LogP contribution in [0.1, 0.15) is 0 Å². The maximum absolute atomic E-state index is 13.2. The highest BCUT2D eigenvalue weighted by atomic mass is 35.5. The molecule has 0 atom stereocenters. The molecule has 3 aromatic rings. The molecule has 0 aliphatic carbocycles. The van der Waals surface area contributed by atoms with Crippen molar-refractivity contribution in [2.45, 2.75) is 0 Å². The van der Waals surface area contributed by atoms with Crippen molar-refractivity contribution in [3.8, 4) is 0 Å². The van der Waals surface area contributed by atoms with Crippen molar-refractivity contribution in [3.05, 3.63) is 63.6 Å². The number of hydrogen-bond donors (Lipinski definition) is 3. The minimum atomic E-state index is -0.511. The number of aromatic nitrogens is 2. The van der Waals surface area contributed by atoms with Gasteiger partial charge in [0.1, 0.15) is 17.8 Å². The maximum atomic E-state index is 13.2. The molecule has 128 valence electrons. The van der Waals surface area contributed by atoms with E-state index >= 15 is 0 Å². The molecule has 0 aliphatic rings. The van der Waals surface area contributed by atoms with Gasteiger partial charge in [-0.3, -0.25) is 0 Å². The lowest BCUT2D eigenvalue weighted by Gasteiger charge is -2.13. The molecule has 1 heterocycles. The Kier molecular flexibility index (Phi) is 5.13. The summed E-state index contributed by atoms with van der Waals surface area (Å²) in [4.78, 5) is 8.19. The quantitative estimate of drug-likeness (QED) is 0.530. The number of nitrogens with one attached hydrogen (secondary N) is 2. The zero-order valence-corrected chi connectivity index (χ0v) is 14.8. The average molecular weight is 399 g/mol. The highest BCUT2D eigenvalue weighted by Gasteiger charge is 2.10. The summed E-state index contributed by atoms with van der Waals surface area (Å²) in [5.74, 6) is 0.195. The second-order valence-corrected chi connectivity index (χ2v) is 6.30. The lowest BCUT2D eigenvalue weighted by molar-refractivity contribution is 0.628. The number of benzene rings is 2. The maximum Gasteiger partial charge on any atom is 0.159 e. The van der Waals surface area contributed by atoms with Gasteiger partial charge >= 0.3 is 0 Å². The van der Waals surface area contributed by atoms with E-state index in [1.807, 2.05) is 0 Å². The number of nitrogens with zero attached hydrogens (tertiary/aromatic N) is 2. The van der Waals surface area contributed by atoms with Crippen molar-refractivity contribution in [1.82, 2.24) is 9.97 Å². The van der Waals surface area contributed by atoms with Gasteiger partial charge in [0.25, 0.3) is 0 Å². The Labute approximate surface area is 157 Å². The number of nitrogens with two attached hydrogens (primary N) is 1. The van der Waals surface area contributed by atoms with Crippen LogP contribution in [0.5, 0.6) is 0 Å². The Hall–Kier alpha value is -2.28. The first kappa shape index (κ1) is 17.5. The van der Waals surface area contributed by atoms with E-state index < -0.39 is 5.82 Å². The number of halogens is 4. The Balaban J connectivity index is 1.87. The van der Waals surface area contributed by atoms with E-state index in [2.05, 4.69) is 20.6 Å². The molecule has 2 aromatic carbocycles. The highest BCUT2D eigenvalue weighted by molar-refractivity contribution is 6.35. The molecule has 25 heavy (non-hydrogen) atoms. The van der Waals surface area contributed by atoms with Gasteiger partial charge in [-0.25, -0.2) is 14.4 Å². The standard InChI is InChI=1S/C16H11Cl3FN5/c17-8-3-9(18)5-11(4-8)25-16-14(21)15(22-7-23-16)24-10-1-2-13(20)12(19)6-10/h1-7H,21H2,(H2,22,23,24,25). The van der Waals surface area contributed by atoms with Gasteiger partial charge in [0.15, 0.2) is 11.6 Å². The van der Waals surface area contributed by atoms with E-state index in [0.717, 1.165) is 0 Å². The molecule has 1 aromatic heterocycles. The Morgan fingerprint density at radius 1 is 0.840 bits per heavy atom. The fourth-order valence-corrected chi connectivity index (χ4v) is 2.77. The first-order valence-corrected chi connectivity index (χ1v) is 8.11. The highest BCUT2D eigenvalue weighted by Crippen LogP contribution is 2.31. The molecule has 9 heteroatoms. The summed E-state index contributed by atoms with van der Waals surface area (Å²) in [6, 6.07) is 9.18. The third kappa shape index (κ3) is 4.22. The van der Waals surface area contributed by atoms with Crippen LogP contribution in [-0.2, 0) is 0 Å². The van der Waals surface area contributed by atoms with Gasteiger partial charge in [-0.2, -0.15) is 0 Å². The Morgan fingerprint density at radius 2 is 1.44 bits per heavy atom. The molecule has 0 spiro atoms. The fraction of sp³-hybridized carbons (Fsp3) is 0. The average Bonchev–Trinajstić information content (AvgIpc) is 2.54. The minimum Gasteiger partial charge on any atom is -0.393 e. The zero-order valence-electron chi connectivity index (χ0n) is 12.5. The Morgan fingerprint density at radius 3 is 2.04 bits per heavy atom. The van der Waals surface area contributed by atoms with Crippen molar-refractivity contribution in [3.63, 3.8) is 0 Å². The van der Waals surface area contributed by atoms with Gasteiger partial charge in [0.2, 0.25) is 0 Å². The van der Waals surface area contributed by atoms with Gasteiger partial charge in [-0.05, 0) is 36.4 Å². The lowest BCUT2D eigenvalue weighted by Crippen LogP contribution is -2.05. The van der Waals surface area contributed by atoms with Crippen LogP contribution in [-0.4, -0.2) is 9.97 Å². The predicted octanol–water partition coefficient (Wildman–Crippen LogP) is 5.65. The van der Waals surface area contributed by atoms with Crippen LogP contribution in [0.15, 0.2) is 42.7 Å². The van der Waals surface area contributed by atoms with Gasteiger partial charge in [0.05, 0.1) is 5.02 Å². The summed E-state index contributed by atoms with van der Waals surface area (Å²) >= 11 is 17.7. The number of nitrogen functional groups attached to an aromatic ring is 1. The van der Waals surface area contributed by atoms with Gasteiger partial charge < -0.3 is 16.4 Å². The molecule has 0 saturated carbocycles. The van der Waals surface area contributed by atoms with Crippen LogP contribution >= 0.6 is 34.8 Å². The predicted molar refractivity (Wildman–Crippen MR) is 101 cm³/mol. The van der Waals surface area contributed by atoms with E-state index in [4.69, 9.17) is 40.5 Å². The van der Waals surface area contributed by atoms with E-state index in [1.54, 1.807) is 18.2 Å².